The van der Waals surface area contributed by atoms with Gasteiger partial charge in [0.05, 0.1) is 21.9 Å². The van der Waals surface area contributed by atoms with Crippen molar-refractivity contribution in [2.75, 3.05) is 20.6 Å². The van der Waals surface area contributed by atoms with Crippen molar-refractivity contribution in [3.8, 4) is 0 Å². The summed E-state index contributed by atoms with van der Waals surface area (Å²) in [7, 11) is -7.81. The van der Waals surface area contributed by atoms with Crippen LogP contribution < -0.4 is 14.3 Å². The van der Waals surface area contributed by atoms with E-state index >= 15 is 0 Å². The van der Waals surface area contributed by atoms with Crippen LogP contribution in [0.5, 0.6) is 0 Å². The van der Waals surface area contributed by atoms with Crippen molar-refractivity contribution in [2.24, 2.45) is 0 Å². The largest absolute Gasteiger partial charge is 0.324 e. The summed E-state index contributed by atoms with van der Waals surface area (Å²) >= 11 is 12.1. The topological polar surface area (TPSA) is 126 Å². The molecule has 2 N–H and O–H groups in total. The second-order valence-electron chi connectivity index (χ2n) is 7.16. The van der Waals surface area contributed by atoms with E-state index in [1.165, 1.54) is 61.7 Å². The Hall–Kier alpha value is -2.86. The molecule has 0 saturated heterocycles. The maximum atomic E-state index is 12.9. The van der Waals surface area contributed by atoms with Gasteiger partial charge in [0.15, 0.2) is 0 Å². The van der Waals surface area contributed by atoms with Gasteiger partial charge in [-0.25, -0.2) is 21.8 Å². The number of sulfonamides is 2. The van der Waals surface area contributed by atoms with Crippen LogP contribution in [0.2, 0.25) is 10.0 Å². The predicted octanol–water partition coefficient (Wildman–Crippen LogP) is 3.98. The van der Waals surface area contributed by atoms with E-state index < -0.39 is 32.0 Å². The third kappa shape index (κ3) is 6.17. The lowest BCUT2D eigenvalue weighted by Crippen LogP contribution is -2.45. The van der Waals surface area contributed by atoms with Gasteiger partial charge in [0.2, 0.25) is 15.9 Å². The van der Waals surface area contributed by atoms with Crippen molar-refractivity contribution in [3.63, 3.8) is 0 Å². The average molecular weight is 543 g/mol. The van der Waals surface area contributed by atoms with E-state index in [1.807, 2.05) is 0 Å². The van der Waals surface area contributed by atoms with Gasteiger partial charge < -0.3 is 5.32 Å². The van der Waals surface area contributed by atoms with E-state index in [0.29, 0.717) is 0 Å². The smallest absolute Gasteiger partial charge is 0.263 e. The van der Waals surface area contributed by atoms with Gasteiger partial charge in [-0.3, -0.25) is 13.8 Å². The number of carbonyl (C=O) groups excluding carboxylic acids is 1. The fourth-order valence-electron chi connectivity index (χ4n) is 3.02. The van der Waals surface area contributed by atoms with Gasteiger partial charge in [-0.15, -0.1) is 0 Å². The molecule has 2 aromatic carbocycles. The van der Waals surface area contributed by atoms with E-state index in [2.05, 4.69) is 15.0 Å². The number of nitrogens with one attached hydrogen (secondary N) is 2. The van der Waals surface area contributed by atoms with Crippen molar-refractivity contribution in [2.45, 2.75) is 17.9 Å². The highest BCUT2D eigenvalue weighted by molar-refractivity contribution is 7.92. The predicted molar refractivity (Wildman–Crippen MR) is 133 cm³/mol. The lowest BCUT2D eigenvalue weighted by molar-refractivity contribution is -0.116. The normalized spacial score (nSPS) is 12.6. The maximum absolute atomic E-state index is 12.9. The minimum absolute atomic E-state index is 0.0485. The summed E-state index contributed by atoms with van der Waals surface area (Å²) in [5, 5.41) is 2.93. The molecule has 1 amide bonds. The van der Waals surface area contributed by atoms with Crippen LogP contribution in [0, 0.1) is 0 Å². The number of rotatable bonds is 8. The molecular formula is C21H20Cl2N4O5S2. The van der Waals surface area contributed by atoms with Crippen LogP contribution in [0.25, 0.3) is 0 Å². The summed E-state index contributed by atoms with van der Waals surface area (Å²) in [6.07, 6.45) is 2.40. The summed E-state index contributed by atoms with van der Waals surface area (Å²) in [4.78, 5) is 16.7. The van der Waals surface area contributed by atoms with Gasteiger partial charge in [-0.05, 0) is 61.5 Å². The molecule has 0 radical (unpaired) electrons. The van der Waals surface area contributed by atoms with Gasteiger partial charge in [-0.2, -0.15) is 0 Å². The molecule has 13 heteroatoms. The number of aromatic nitrogens is 1. The van der Waals surface area contributed by atoms with Gasteiger partial charge >= 0.3 is 0 Å². The average Bonchev–Trinajstić information content (AvgIpc) is 2.76. The van der Waals surface area contributed by atoms with E-state index in [1.54, 1.807) is 12.1 Å². The zero-order valence-corrected chi connectivity index (χ0v) is 21.1. The molecule has 1 aromatic heterocycles. The summed E-state index contributed by atoms with van der Waals surface area (Å²) < 4.78 is 53.2. The first-order valence-corrected chi connectivity index (χ1v) is 13.8. The van der Waals surface area contributed by atoms with Gasteiger partial charge in [0.1, 0.15) is 11.9 Å². The number of carbonyl (C=O) groups is 1. The van der Waals surface area contributed by atoms with E-state index in [-0.39, 0.29) is 32.1 Å². The number of halogens is 2. The molecule has 0 fully saturated rings. The summed E-state index contributed by atoms with van der Waals surface area (Å²) in [5.74, 6) is -0.502. The van der Waals surface area contributed by atoms with Crippen molar-refractivity contribution >= 4 is 66.3 Å². The monoisotopic (exact) mass is 542 g/mol. The number of nitrogens with zero attached hydrogens (tertiary/aromatic N) is 2. The first-order chi connectivity index (χ1) is 15.9. The lowest BCUT2D eigenvalue weighted by atomic mass is 10.2. The highest BCUT2D eigenvalue weighted by atomic mass is 35.5. The number of anilines is 3. The Morgan fingerprint density at radius 3 is 2.26 bits per heavy atom. The fourth-order valence-corrected chi connectivity index (χ4v) is 5.63. The molecule has 0 unspecified atom stereocenters. The Morgan fingerprint density at radius 2 is 1.68 bits per heavy atom. The zero-order chi connectivity index (χ0) is 25.1. The molecule has 9 nitrogen and oxygen atoms in total. The number of pyridine rings is 1. The minimum Gasteiger partial charge on any atom is -0.324 e. The van der Waals surface area contributed by atoms with E-state index in [4.69, 9.17) is 23.2 Å². The molecule has 1 atom stereocenters. The quantitative estimate of drug-likeness (QED) is 0.443. The molecule has 180 valence electrons. The Bertz CT molecular complexity index is 1400. The molecule has 0 aliphatic carbocycles. The Morgan fingerprint density at radius 1 is 1.00 bits per heavy atom. The number of hydrogen-bond acceptors (Lipinski definition) is 6. The van der Waals surface area contributed by atoms with E-state index in [0.717, 1.165) is 10.6 Å². The minimum atomic E-state index is -3.91. The Labute approximate surface area is 207 Å². The second-order valence-corrected chi connectivity index (χ2v) is 11.6. The SMILES string of the molecule is C[C@H](C(=O)Nc1ccc(S(=O)(=O)Nc2ccccn2)cc1)N(c1cc(Cl)ccc1Cl)S(C)(=O)=O. The summed E-state index contributed by atoms with van der Waals surface area (Å²) in [6.45, 7) is 1.39. The molecule has 0 aliphatic heterocycles. The van der Waals surface area contributed by atoms with Gasteiger partial charge in [-0.1, -0.05) is 29.3 Å². The molecule has 3 aromatic rings. The van der Waals surface area contributed by atoms with Gasteiger partial charge in [0.25, 0.3) is 10.0 Å². The van der Waals surface area contributed by atoms with Crippen LogP contribution in [0.3, 0.4) is 0 Å². The van der Waals surface area contributed by atoms with Crippen LogP contribution in [-0.2, 0) is 24.8 Å². The Kier molecular flexibility index (Phi) is 7.71. The standard InChI is InChI=1S/C21H20Cl2N4O5S2/c1-14(27(33(2,29)30)19-13-15(22)6-11-18(19)23)21(28)25-16-7-9-17(10-8-16)34(31,32)26-20-5-3-4-12-24-20/h3-14H,1-2H3,(H,24,26)(H,25,28)/t14-/m1/s1. The van der Waals surface area contributed by atoms with Crippen molar-refractivity contribution in [1.29, 1.82) is 0 Å². The lowest BCUT2D eigenvalue weighted by Gasteiger charge is -2.29. The third-order valence-electron chi connectivity index (χ3n) is 4.57. The van der Waals surface area contributed by atoms with Crippen molar-refractivity contribution in [1.82, 2.24) is 4.98 Å². The van der Waals surface area contributed by atoms with Crippen molar-refractivity contribution < 1.29 is 21.6 Å². The van der Waals surface area contributed by atoms with Crippen LogP contribution in [0.1, 0.15) is 6.92 Å². The molecule has 0 saturated carbocycles. The van der Waals surface area contributed by atoms with Crippen molar-refractivity contribution in [3.05, 3.63) is 76.9 Å². The number of amides is 1. The molecular weight excluding hydrogens is 523 g/mol. The molecule has 3 rings (SSSR count). The van der Waals surface area contributed by atoms with Gasteiger partial charge in [0, 0.05) is 16.9 Å². The third-order valence-corrected chi connectivity index (χ3v) is 7.72. The van der Waals surface area contributed by atoms with Crippen LogP contribution >= 0.6 is 23.2 Å². The van der Waals surface area contributed by atoms with Crippen LogP contribution in [0.15, 0.2) is 71.8 Å². The fraction of sp³-hybridized carbons (Fsp3) is 0.143. The number of benzene rings is 2. The summed E-state index contributed by atoms with van der Waals surface area (Å²) in [6, 6.07) is 13.3. The zero-order valence-electron chi connectivity index (χ0n) is 17.9. The molecule has 0 bridgehead atoms. The summed E-state index contributed by atoms with van der Waals surface area (Å²) in [5.41, 5.74) is 0.320. The molecule has 34 heavy (non-hydrogen) atoms. The molecule has 0 spiro atoms. The second kappa shape index (κ2) is 10.2. The molecule has 0 aliphatic rings. The number of hydrogen-bond donors (Lipinski definition) is 2. The highest BCUT2D eigenvalue weighted by Crippen LogP contribution is 2.32. The first-order valence-electron chi connectivity index (χ1n) is 9.68. The van der Waals surface area contributed by atoms with E-state index in [9.17, 15) is 21.6 Å². The van der Waals surface area contributed by atoms with Crippen LogP contribution in [-0.4, -0.2) is 40.0 Å². The molecule has 1 heterocycles. The van der Waals surface area contributed by atoms with Crippen LogP contribution in [0.4, 0.5) is 17.2 Å². The Balaban J connectivity index is 1.79. The first kappa shape index (κ1) is 25.8. The maximum Gasteiger partial charge on any atom is 0.263 e. The highest BCUT2D eigenvalue weighted by Gasteiger charge is 2.31.